The number of amides is 1. The number of benzene rings is 1. The molecular weight excluding hydrogens is 248 g/mol. The molecule has 1 unspecified atom stereocenters. The van der Waals surface area contributed by atoms with Crippen LogP contribution in [0, 0.1) is 5.41 Å². The van der Waals surface area contributed by atoms with E-state index in [1.807, 2.05) is 30.3 Å². The van der Waals surface area contributed by atoms with E-state index in [4.69, 9.17) is 5.73 Å². The Bertz CT molecular complexity index is 383. The van der Waals surface area contributed by atoms with Crippen LogP contribution in [-0.4, -0.2) is 12.5 Å². The highest BCUT2D eigenvalue weighted by Crippen LogP contribution is 2.18. The Morgan fingerprint density at radius 1 is 1.17 bits per heavy atom. The fourth-order valence-electron chi connectivity index (χ4n) is 1.44. The van der Waals surface area contributed by atoms with Gasteiger partial charge in [0.1, 0.15) is 5.54 Å². The van der Waals surface area contributed by atoms with Crippen LogP contribution < -0.4 is 11.1 Å². The van der Waals surface area contributed by atoms with Gasteiger partial charge >= 0.3 is 0 Å². The van der Waals surface area contributed by atoms with Crippen molar-refractivity contribution in [3.05, 3.63) is 35.9 Å². The summed E-state index contributed by atoms with van der Waals surface area (Å²) in [5, 5.41) is 2.90. The molecule has 0 radical (unpaired) electrons. The van der Waals surface area contributed by atoms with Gasteiger partial charge in [-0.15, -0.1) is 12.4 Å². The number of halogens is 1. The van der Waals surface area contributed by atoms with Crippen molar-refractivity contribution < 1.29 is 4.79 Å². The minimum absolute atomic E-state index is 0. The maximum atomic E-state index is 12.1. The van der Waals surface area contributed by atoms with Crippen molar-refractivity contribution in [3.63, 3.8) is 0 Å². The fraction of sp³-hybridized carbons (Fsp3) is 0.500. The summed E-state index contributed by atoms with van der Waals surface area (Å²) >= 11 is 0. The van der Waals surface area contributed by atoms with Crippen molar-refractivity contribution in [2.24, 2.45) is 11.1 Å². The summed E-state index contributed by atoms with van der Waals surface area (Å²) in [6, 6.07) is 9.43. The van der Waals surface area contributed by atoms with Crippen LogP contribution in [0.2, 0.25) is 0 Å². The molecule has 0 fully saturated rings. The first-order chi connectivity index (χ1) is 7.73. The minimum atomic E-state index is -0.980. The molecule has 4 heteroatoms. The number of hydrogen-bond acceptors (Lipinski definition) is 2. The van der Waals surface area contributed by atoms with E-state index in [1.165, 1.54) is 0 Å². The molecule has 0 saturated carbocycles. The number of carbonyl (C=O) groups excluding carboxylic acids is 1. The van der Waals surface area contributed by atoms with Gasteiger partial charge in [0.25, 0.3) is 0 Å². The Kier molecular flexibility index (Phi) is 5.84. The molecule has 1 atom stereocenters. The minimum Gasteiger partial charge on any atom is -0.354 e. The van der Waals surface area contributed by atoms with Crippen LogP contribution in [0.5, 0.6) is 0 Å². The van der Waals surface area contributed by atoms with Crippen molar-refractivity contribution in [1.82, 2.24) is 5.32 Å². The third-order valence-electron chi connectivity index (χ3n) is 2.62. The summed E-state index contributed by atoms with van der Waals surface area (Å²) in [5.74, 6) is -0.140. The van der Waals surface area contributed by atoms with E-state index in [9.17, 15) is 4.79 Å². The highest BCUT2D eigenvalue weighted by molar-refractivity contribution is 5.87. The maximum Gasteiger partial charge on any atom is 0.244 e. The molecule has 18 heavy (non-hydrogen) atoms. The molecule has 0 aliphatic heterocycles. The molecule has 0 aromatic heterocycles. The molecular formula is C14H23ClN2O. The van der Waals surface area contributed by atoms with E-state index in [0.717, 1.165) is 5.56 Å². The van der Waals surface area contributed by atoms with Crippen LogP contribution in [0.4, 0.5) is 0 Å². The Hall–Kier alpha value is -1.06. The molecule has 1 aromatic carbocycles. The van der Waals surface area contributed by atoms with Crippen molar-refractivity contribution >= 4 is 18.3 Å². The summed E-state index contributed by atoms with van der Waals surface area (Å²) in [6.45, 7) is 8.57. The van der Waals surface area contributed by atoms with Crippen LogP contribution in [0.1, 0.15) is 33.3 Å². The predicted molar refractivity (Wildman–Crippen MR) is 77.7 cm³/mol. The molecule has 0 aliphatic carbocycles. The molecule has 0 spiro atoms. The molecule has 102 valence electrons. The highest BCUT2D eigenvalue weighted by Gasteiger charge is 2.30. The van der Waals surface area contributed by atoms with Crippen LogP contribution in [-0.2, 0) is 10.3 Å². The zero-order chi connectivity index (χ0) is 13.1. The van der Waals surface area contributed by atoms with E-state index in [-0.39, 0.29) is 23.7 Å². The van der Waals surface area contributed by atoms with Gasteiger partial charge in [-0.1, -0.05) is 51.1 Å². The lowest BCUT2D eigenvalue weighted by molar-refractivity contribution is -0.126. The van der Waals surface area contributed by atoms with E-state index < -0.39 is 5.54 Å². The van der Waals surface area contributed by atoms with Gasteiger partial charge in [-0.3, -0.25) is 4.79 Å². The van der Waals surface area contributed by atoms with Crippen LogP contribution in [0.3, 0.4) is 0 Å². The second-order valence-electron chi connectivity index (χ2n) is 5.81. The monoisotopic (exact) mass is 270 g/mol. The summed E-state index contributed by atoms with van der Waals surface area (Å²) in [5.41, 5.74) is 6.00. The zero-order valence-corrected chi connectivity index (χ0v) is 12.3. The first-order valence-electron chi connectivity index (χ1n) is 5.86. The summed E-state index contributed by atoms with van der Waals surface area (Å²) in [6.07, 6.45) is 0. The number of nitrogens with two attached hydrogens (primary N) is 1. The van der Waals surface area contributed by atoms with Crippen LogP contribution >= 0.6 is 12.4 Å². The topological polar surface area (TPSA) is 55.1 Å². The van der Waals surface area contributed by atoms with Gasteiger partial charge in [-0.25, -0.2) is 0 Å². The third-order valence-corrected chi connectivity index (χ3v) is 2.62. The lowest BCUT2D eigenvalue weighted by atomic mass is 9.91. The van der Waals surface area contributed by atoms with Crippen LogP contribution in [0.15, 0.2) is 30.3 Å². The molecule has 1 aromatic rings. The van der Waals surface area contributed by atoms with Crippen molar-refractivity contribution in [3.8, 4) is 0 Å². The van der Waals surface area contributed by atoms with Crippen molar-refractivity contribution in [2.75, 3.05) is 6.54 Å². The normalized spacial score (nSPS) is 14.3. The standard InChI is InChI=1S/C14H22N2O.ClH/c1-13(2,3)10-16-12(17)14(4,15)11-8-6-5-7-9-11;/h5-9H,10,15H2,1-4H3,(H,16,17);1H. The van der Waals surface area contributed by atoms with E-state index in [2.05, 4.69) is 26.1 Å². The first-order valence-corrected chi connectivity index (χ1v) is 5.86. The van der Waals surface area contributed by atoms with Gasteiger partial charge < -0.3 is 11.1 Å². The SMILES string of the molecule is CC(C)(C)CNC(=O)C(C)(N)c1ccccc1.Cl. The molecule has 3 N–H and O–H groups in total. The number of hydrogen-bond donors (Lipinski definition) is 2. The van der Waals surface area contributed by atoms with E-state index >= 15 is 0 Å². The van der Waals surface area contributed by atoms with Gasteiger partial charge in [0, 0.05) is 6.54 Å². The average molecular weight is 271 g/mol. The number of rotatable bonds is 3. The Morgan fingerprint density at radius 2 is 1.67 bits per heavy atom. The zero-order valence-electron chi connectivity index (χ0n) is 11.5. The van der Waals surface area contributed by atoms with Crippen molar-refractivity contribution in [1.29, 1.82) is 0 Å². The lowest BCUT2D eigenvalue weighted by Gasteiger charge is -2.27. The van der Waals surface area contributed by atoms with Gasteiger partial charge in [0.2, 0.25) is 5.91 Å². The molecule has 0 saturated heterocycles. The largest absolute Gasteiger partial charge is 0.354 e. The highest BCUT2D eigenvalue weighted by atomic mass is 35.5. The molecule has 0 heterocycles. The maximum absolute atomic E-state index is 12.1. The molecule has 3 nitrogen and oxygen atoms in total. The smallest absolute Gasteiger partial charge is 0.244 e. The van der Waals surface area contributed by atoms with Gasteiger partial charge in [0.15, 0.2) is 0 Å². The fourth-order valence-corrected chi connectivity index (χ4v) is 1.44. The van der Waals surface area contributed by atoms with Crippen molar-refractivity contribution in [2.45, 2.75) is 33.2 Å². The molecule has 1 rings (SSSR count). The summed E-state index contributed by atoms with van der Waals surface area (Å²) in [4.78, 5) is 12.1. The second-order valence-corrected chi connectivity index (χ2v) is 5.81. The third kappa shape index (κ3) is 4.67. The Morgan fingerprint density at radius 3 is 2.11 bits per heavy atom. The quantitative estimate of drug-likeness (QED) is 0.886. The predicted octanol–water partition coefficient (Wildman–Crippen LogP) is 2.44. The van der Waals surface area contributed by atoms with Gasteiger partial charge in [-0.2, -0.15) is 0 Å². The van der Waals surface area contributed by atoms with Gasteiger partial charge in [0.05, 0.1) is 0 Å². The van der Waals surface area contributed by atoms with E-state index in [0.29, 0.717) is 6.54 Å². The second kappa shape index (κ2) is 6.21. The molecule has 0 aliphatic rings. The number of carbonyl (C=O) groups is 1. The summed E-state index contributed by atoms with van der Waals surface area (Å²) in [7, 11) is 0. The molecule has 1 amide bonds. The summed E-state index contributed by atoms with van der Waals surface area (Å²) < 4.78 is 0. The average Bonchev–Trinajstić information content (AvgIpc) is 2.26. The Balaban J connectivity index is 0.00000289. The lowest BCUT2D eigenvalue weighted by Crippen LogP contribution is -2.50. The van der Waals surface area contributed by atoms with E-state index in [1.54, 1.807) is 6.92 Å². The van der Waals surface area contributed by atoms with Gasteiger partial charge in [-0.05, 0) is 17.9 Å². The molecule has 0 bridgehead atoms. The number of nitrogens with one attached hydrogen (secondary N) is 1. The Labute approximate surface area is 116 Å². The van der Waals surface area contributed by atoms with Crippen LogP contribution in [0.25, 0.3) is 0 Å². The first kappa shape index (κ1) is 16.9.